The molecule has 6 nitrogen and oxygen atoms in total. The number of aryl methyl sites for hydroxylation is 3. The molecule has 4 rings (SSSR count). The Hall–Kier alpha value is -3.45. The van der Waals surface area contributed by atoms with Crippen LogP contribution in [0.25, 0.3) is 16.7 Å². The van der Waals surface area contributed by atoms with Crippen molar-refractivity contribution >= 4 is 34.4 Å². The summed E-state index contributed by atoms with van der Waals surface area (Å²) in [5, 5.41) is 3.86. The zero-order valence-corrected chi connectivity index (χ0v) is 18.4. The van der Waals surface area contributed by atoms with E-state index in [1.807, 2.05) is 63.2 Å². The van der Waals surface area contributed by atoms with Crippen LogP contribution in [0.2, 0.25) is 0 Å². The number of thioether (sulfide) groups is 1. The Morgan fingerprint density at radius 3 is 2.45 bits per heavy atom. The van der Waals surface area contributed by atoms with E-state index in [0.29, 0.717) is 21.9 Å². The minimum absolute atomic E-state index is 0.115. The number of nitrogens with zero attached hydrogens (tertiary/aromatic N) is 3. The van der Waals surface area contributed by atoms with E-state index in [0.717, 1.165) is 22.4 Å². The van der Waals surface area contributed by atoms with E-state index in [9.17, 15) is 9.59 Å². The molecule has 0 saturated carbocycles. The Labute approximate surface area is 184 Å². The third kappa shape index (κ3) is 4.36. The van der Waals surface area contributed by atoms with Gasteiger partial charge in [0.2, 0.25) is 5.91 Å². The SMILES string of the molecule is Cc1cc(C)c(NC(=O)CSc2nc3ncccc3c(=O)n2-c2ccccc2)c(C)c1. The summed E-state index contributed by atoms with van der Waals surface area (Å²) < 4.78 is 1.53. The van der Waals surface area contributed by atoms with E-state index in [4.69, 9.17) is 0 Å². The predicted molar refractivity (Wildman–Crippen MR) is 125 cm³/mol. The summed E-state index contributed by atoms with van der Waals surface area (Å²) in [7, 11) is 0. The number of para-hydroxylation sites is 1. The number of pyridine rings is 1. The van der Waals surface area contributed by atoms with Crippen molar-refractivity contribution in [2.24, 2.45) is 0 Å². The molecule has 0 saturated heterocycles. The molecule has 0 bridgehead atoms. The van der Waals surface area contributed by atoms with Gasteiger partial charge in [0, 0.05) is 11.9 Å². The van der Waals surface area contributed by atoms with E-state index in [2.05, 4.69) is 15.3 Å². The van der Waals surface area contributed by atoms with Gasteiger partial charge in [0.05, 0.1) is 16.8 Å². The molecule has 0 aliphatic carbocycles. The summed E-state index contributed by atoms with van der Waals surface area (Å²) in [4.78, 5) is 34.7. The monoisotopic (exact) mass is 430 g/mol. The third-order valence-electron chi connectivity index (χ3n) is 4.90. The molecule has 0 unspecified atom stereocenters. The first-order chi connectivity index (χ1) is 14.9. The lowest BCUT2D eigenvalue weighted by Crippen LogP contribution is -2.23. The molecule has 0 fully saturated rings. The molecule has 2 aromatic heterocycles. The van der Waals surface area contributed by atoms with Crippen molar-refractivity contribution < 1.29 is 4.79 Å². The molecule has 7 heteroatoms. The van der Waals surface area contributed by atoms with Crippen LogP contribution in [0.5, 0.6) is 0 Å². The van der Waals surface area contributed by atoms with Gasteiger partial charge in [0.25, 0.3) is 5.56 Å². The number of anilines is 1. The van der Waals surface area contributed by atoms with Crippen molar-refractivity contribution in [3.63, 3.8) is 0 Å². The summed E-state index contributed by atoms with van der Waals surface area (Å²) in [5.41, 5.74) is 4.87. The highest BCUT2D eigenvalue weighted by Gasteiger charge is 2.16. The quantitative estimate of drug-likeness (QED) is 0.374. The lowest BCUT2D eigenvalue weighted by molar-refractivity contribution is -0.113. The highest BCUT2D eigenvalue weighted by atomic mass is 32.2. The van der Waals surface area contributed by atoms with E-state index < -0.39 is 0 Å². The maximum atomic E-state index is 13.2. The number of carbonyl (C=O) groups is 1. The summed E-state index contributed by atoms with van der Waals surface area (Å²) in [6, 6.07) is 16.8. The Morgan fingerprint density at radius 2 is 1.74 bits per heavy atom. The van der Waals surface area contributed by atoms with Gasteiger partial charge in [-0.1, -0.05) is 47.7 Å². The molecule has 2 aromatic carbocycles. The maximum absolute atomic E-state index is 13.2. The van der Waals surface area contributed by atoms with Gasteiger partial charge in [-0.25, -0.2) is 9.97 Å². The Morgan fingerprint density at radius 1 is 1.03 bits per heavy atom. The van der Waals surface area contributed by atoms with Crippen LogP contribution in [0.3, 0.4) is 0 Å². The van der Waals surface area contributed by atoms with Crippen LogP contribution in [0.15, 0.2) is 70.7 Å². The molecule has 156 valence electrons. The molecule has 0 spiro atoms. The van der Waals surface area contributed by atoms with Gasteiger partial charge >= 0.3 is 0 Å². The van der Waals surface area contributed by atoms with Crippen LogP contribution < -0.4 is 10.9 Å². The fourth-order valence-corrected chi connectivity index (χ4v) is 4.39. The van der Waals surface area contributed by atoms with Gasteiger partial charge in [-0.15, -0.1) is 0 Å². The molecule has 0 radical (unpaired) electrons. The highest BCUT2D eigenvalue weighted by Crippen LogP contribution is 2.24. The topological polar surface area (TPSA) is 76.9 Å². The molecule has 0 aliphatic heterocycles. The van der Waals surface area contributed by atoms with Crippen LogP contribution in [0.4, 0.5) is 5.69 Å². The molecule has 0 atom stereocenters. The average Bonchev–Trinajstić information content (AvgIpc) is 2.75. The van der Waals surface area contributed by atoms with Gasteiger partial charge in [-0.3, -0.25) is 14.2 Å². The number of carbonyl (C=O) groups excluding carboxylic acids is 1. The van der Waals surface area contributed by atoms with E-state index in [-0.39, 0.29) is 17.2 Å². The Kier molecular flexibility index (Phi) is 5.86. The van der Waals surface area contributed by atoms with E-state index in [1.165, 1.54) is 16.3 Å². The lowest BCUT2D eigenvalue weighted by atomic mass is 10.1. The Balaban J connectivity index is 1.65. The molecule has 1 amide bonds. The number of rotatable bonds is 5. The van der Waals surface area contributed by atoms with Gasteiger partial charge < -0.3 is 5.32 Å². The normalized spacial score (nSPS) is 10.9. The van der Waals surface area contributed by atoms with Crippen LogP contribution in [0, 0.1) is 20.8 Å². The summed E-state index contributed by atoms with van der Waals surface area (Å²) >= 11 is 1.21. The fraction of sp³-hybridized carbons (Fsp3) is 0.167. The molecule has 1 N–H and O–H groups in total. The second kappa shape index (κ2) is 8.73. The zero-order valence-electron chi connectivity index (χ0n) is 17.5. The van der Waals surface area contributed by atoms with Gasteiger partial charge in [-0.2, -0.15) is 0 Å². The number of aromatic nitrogens is 3. The van der Waals surface area contributed by atoms with Crippen LogP contribution in [-0.2, 0) is 4.79 Å². The minimum Gasteiger partial charge on any atom is -0.325 e. The molecule has 2 heterocycles. The average molecular weight is 431 g/mol. The minimum atomic E-state index is -0.211. The number of hydrogen-bond donors (Lipinski definition) is 1. The third-order valence-corrected chi connectivity index (χ3v) is 5.84. The summed E-state index contributed by atoms with van der Waals surface area (Å²) in [6.07, 6.45) is 1.60. The highest BCUT2D eigenvalue weighted by molar-refractivity contribution is 7.99. The second-order valence-electron chi connectivity index (χ2n) is 7.36. The summed E-state index contributed by atoms with van der Waals surface area (Å²) in [6.45, 7) is 5.99. The first-order valence-corrected chi connectivity index (χ1v) is 10.9. The number of hydrogen-bond acceptors (Lipinski definition) is 5. The van der Waals surface area contributed by atoms with Crippen molar-refractivity contribution in [1.82, 2.24) is 14.5 Å². The summed E-state index contributed by atoms with van der Waals surface area (Å²) in [5.74, 6) is -0.0419. The number of nitrogens with one attached hydrogen (secondary N) is 1. The predicted octanol–water partition coefficient (Wildman–Crippen LogP) is 4.44. The fourth-order valence-electron chi connectivity index (χ4n) is 3.59. The maximum Gasteiger partial charge on any atom is 0.268 e. The van der Waals surface area contributed by atoms with Crippen LogP contribution >= 0.6 is 11.8 Å². The largest absolute Gasteiger partial charge is 0.325 e. The van der Waals surface area contributed by atoms with Crippen LogP contribution in [0.1, 0.15) is 16.7 Å². The number of amides is 1. The van der Waals surface area contributed by atoms with Crippen LogP contribution in [-0.4, -0.2) is 26.2 Å². The molecule has 31 heavy (non-hydrogen) atoms. The van der Waals surface area contributed by atoms with Crippen molar-refractivity contribution in [3.8, 4) is 5.69 Å². The first kappa shape index (κ1) is 20.8. The second-order valence-corrected chi connectivity index (χ2v) is 8.30. The van der Waals surface area contributed by atoms with Gasteiger partial charge in [-0.05, 0) is 56.2 Å². The smallest absolute Gasteiger partial charge is 0.268 e. The van der Waals surface area contributed by atoms with Gasteiger partial charge in [0.1, 0.15) is 0 Å². The van der Waals surface area contributed by atoms with Gasteiger partial charge in [0.15, 0.2) is 10.8 Å². The van der Waals surface area contributed by atoms with E-state index in [1.54, 1.807) is 18.3 Å². The van der Waals surface area contributed by atoms with E-state index >= 15 is 0 Å². The van der Waals surface area contributed by atoms with Crippen molar-refractivity contribution in [2.45, 2.75) is 25.9 Å². The molecular weight excluding hydrogens is 408 g/mol. The van der Waals surface area contributed by atoms with Crippen molar-refractivity contribution in [1.29, 1.82) is 0 Å². The lowest BCUT2D eigenvalue weighted by Gasteiger charge is -2.14. The first-order valence-electron chi connectivity index (χ1n) is 9.88. The number of benzene rings is 2. The number of fused-ring (bicyclic) bond motifs is 1. The van der Waals surface area contributed by atoms with Crippen molar-refractivity contribution in [2.75, 3.05) is 11.1 Å². The molecule has 0 aliphatic rings. The van der Waals surface area contributed by atoms with Crippen molar-refractivity contribution in [3.05, 3.63) is 87.8 Å². The molecular formula is C24H22N4O2S. The standard InChI is InChI=1S/C24H22N4O2S/c1-15-12-16(2)21(17(3)13-15)26-20(29)14-31-24-27-22-19(10-7-11-25-22)23(30)28(24)18-8-5-4-6-9-18/h4-13H,14H2,1-3H3,(H,26,29). The zero-order chi connectivity index (χ0) is 22.0. The Bertz CT molecular complexity index is 1310. The molecule has 4 aromatic rings.